The van der Waals surface area contributed by atoms with Crippen molar-refractivity contribution < 1.29 is 14.2 Å². The number of thiazole rings is 1. The van der Waals surface area contributed by atoms with Gasteiger partial charge in [0, 0.05) is 29.8 Å². The summed E-state index contributed by atoms with van der Waals surface area (Å²) in [6, 6.07) is 16.2. The second-order valence-electron chi connectivity index (χ2n) is 11.8. The van der Waals surface area contributed by atoms with Gasteiger partial charge in [-0.25, -0.2) is 4.98 Å². The zero-order chi connectivity index (χ0) is 29.0. The van der Waals surface area contributed by atoms with E-state index in [4.69, 9.17) is 30.8 Å². The molecule has 220 valence electrons. The van der Waals surface area contributed by atoms with Crippen molar-refractivity contribution in [1.82, 2.24) is 24.4 Å². The van der Waals surface area contributed by atoms with E-state index in [9.17, 15) is 0 Å². The lowest BCUT2D eigenvalue weighted by molar-refractivity contribution is -0.0722. The zero-order valence-corrected chi connectivity index (χ0v) is 25.5. The van der Waals surface area contributed by atoms with Crippen LogP contribution in [0, 0.1) is 0 Å². The lowest BCUT2D eigenvalue weighted by Crippen LogP contribution is -2.34. The molecule has 0 unspecified atom stereocenters. The lowest BCUT2D eigenvalue weighted by atomic mass is 9.88. The average Bonchev–Trinajstić information content (AvgIpc) is 3.38. The average molecular weight is 614 g/mol. The van der Waals surface area contributed by atoms with Crippen LogP contribution in [0.4, 0.5) is 0 Å². The van der Waals surface area contributed by atoms with Crippen LogP contribution in [-0.2, 0) is 18.9 Å². The molecule has 1 saturated heterocycles. The van der Waals surface area contributed by atoms with E-state index in [0.717, 1.165) is 86.0 Å². The molecule has 0 spiro atoms. The van der Waals surface area contributed by atoms with Gasteiger partial charge in [-0.05, 0) is 75.0 Å². The number of para-hydroxylation sites is 2. The summed E-state index contributed by atoms with van der Waals surface area (Å²) in [7, 11) is 0. The highest BCUT2D eigenvalue weighted by Crippen LogP contribution is 2.49. The number of ether oxygens (including phenoxy) is 3. The third-order valence-electron chi connectivity index (χ3n) is 8.63. The first kappa shape index (κ1) is 26.9. The second kappa shape index (κ2) is 10.8. The maximum atomic E-state index is 6.50. The molecule has 8 nitrogen and oxygen atoms in total. The van der Waals surface area contributed by atoms with Crippen molar-refractivity contribution in [2.75, 3.05) is 13.1 Å². The van der Waals surface area contributed by atoms with E-state index in [0.29, 0.717) is 22.7 Å². The van der Waals surface area contributed by atoms with Crippen molar-refractivity contribution in [3.05, 3.63) is 93.4 Å². The number of pyridine rings is 1. The van der Waals surface area contributed by atoms with E-state index in [1.807, 2.05) is 36.8 Å². The fourth-order valence-electron chi connectivity index (χ4n) is 6.22. The van der Waals surface area contributed by atoms with Crippen molar-refractivity contribution in [3.63, 3.8) is 0 Å². The Hall–Kier alpha value is -3.66. The molecule has 0 amide bonds. The molecular formula is C33H32ClN5O3S. The fourth-order valence-corrected chi connectivity index (χ4v) is 6.92. The van der Waals surface area contributed by atoms with Crippen LogP contribution in [-0.4, -0.2) is 43.6 Å². The minimum atomic E-state index is -0.983. The molecule has 0 bridgehead atoms. The van der Waals surface area contributed by atoms with Crippen molar-refractivity contribution in [2.24, 2.45) is 0 Å². The number of halogens is 1. The number of imidazole rings is 1. The highest BCUT2D eigenvalue weighted by Gasteiger charge is 2.42. The summed E-state index contributed by atoms with van der Waals surface area (Å²) >= 11 is 7.75. The van der Waals surface area contributed by atoms with Gasteiger partial charge in [0.05, 0.1) is 35.2 Å². The summed E-state index contributed by atoms with van der Waals surface area (Å²) in [5.41, 5.74) is 5.87. The van der Waals surface area contributed by atoms with Crippen LogP contribution in [0.25, 0.3) is 11.0 Å². The molecule has 3 aliphatic rings. The highest BCUT2D eigenvalue weighted by molar-refractivity contribution is 7.09. The largest absolute Gasteiger partial charge is 0.488 e. The first-order valence-electron chi connectivity index (χ1n) is 14.9. The number of hydrogen-bond acceptors (Lipinski definition) is 8. The quantitative estimate of drug-likeness (QED) is 0.184. The van der Waals surface area contributed by atoms with Gasteiger partial charge < -0.3 is 18.8 Å². The number of aromatic nitrogens is 4. The Morgan fingerprint density at radius 1 is 1.00 bits per heavy atom. The number of hydrogen-bond donors (Lipinski definition) is 0. The van der Waals surface area contributed by atoms with Crippen molar-refractivity contribution in [3.8, 4) is 17.2 Å². The third kappa shape index (κ3) is 5.24. The SMILES string of the molecule is C[C@@]1(c2ccc(Cl)cn2)Oc2cccc(C3CCN(Cc4nc5c(OC6CC6)cccc5n4Cc4cncs4)CC3)c2O1. The normalized spacial score (nSPS) is 20.6. The predicted octanol–water partition coefficient (Wildman–Crippen LogP) is 7.15. The summed E-state index contributed by atoms with van der Waals surface area (Å²) in [6.45, 7) is 5.40. The van der Waals surface area contributed by atoms with Gasteiger partial charge in [0.25, 0.3) is 5.79 Å². The van der Waals surface area contributed by atoms with Gasteiger partial charge in [0.15, 0.2) is 11.5 Å². The first-order chi connectivity index (χ1) is 21.0. The molecule has 3 aromatic heterocycles. The predicted molar refractivity (Wildman–Crippen MR) is 166 cm³/mol. The van der Waals surface area contributed by atoms with Crippen LogP contribution >= 0.6 is 22.9 Å². The molecule has 5 heterocycles. The molecule has 8 rings (SSSR count). The Balaban J connectivity index is 1.01. The lowest BCUT2D eigenvalue weighted by Gasteiger charge is -2.32. The van der Waals surface area contributed by atoms with Gasteiger partial charge in [-0.3, -0.25) is 14.9 Å². The first-order valence-corrected chi connectivity index (χ1v) is 16.2. The van der Waals surface area contributed by atoms with Crippen LogP contribution in [0.1, 0.15) is 60.5 Å². The maximum Gasteiger partial charge on any atom is 0.292 e. The van der Waals surface area contributed by atoms with Crippen molar-refractivity contribution in [2.45, 2.75) is 63.5 Å². The Bertz CT molecular complexity index is 1760. The fraction of sp³-hybridized carbons (Fsp3) is 0.364. The Kier molecular flexibility index (Phi) is 6.77. The minimum absolute atomic E-state index is 0.328. The molecule has 1 aliphatic carbocycles. The summed E-state index contributed by atoms with van der Waals surface area (Å²) in [5, 5.41) is 0.585. The Labute approximate surface area is 259 Å². The molecule has 2 fully saturated rings. The number of benzene rings is 2. The zero-order valence-electron chi connectivity index (χ0n) is 23.9. The number of nitrogens with zero attached hydrogens (tertiary/aromatic N) is 5. The van der Waals surface area contributed by atoms with E-state index in [1.54, 1.807) is 17.5 Å². The van der Waals surface area contributed by atoms with Crippen molar-refractivity contribution >= 4 is 34.0 Å². The molecule has 1 atom stereocenters. The summed E-state index contributed by atoms with van der Waals surface area (Å²) in [6.07, 6.45) is 8.21. The number of likely N-dealkylation sites (tertiary alicyclic amines) is 1. The van der Waals surface area contributed by atoms with Gasteiger partial charge in [-0.15, -0.1) is 11.3 Å². The van der Waals surface area contributed by atoms with Crippen LogP contribution in [0.3, 0.4) is 0 Å². The maximum absolute atomic E-state index is 6.50. The van der Waals surface area contributed by atoms with Crippen molar-refractivity contribution in [1.29, 1.82) is 0 Å². The molecule has 1 saturated carbocycles. The van der Waals surface area contributed by atoms with Gasteiger partial charge >= 0.3 is 0 Å². The van der Waals surface area contributed by atoms with Crippen LogP contribution in [0.15, 0.2) is 66.4 Å². The number of fused-ring (bicyclic) bond motifs is 2. The van der Waals surface area contributed by atoms with E-state index in [1.165, 1.54) is 10.4 Å². The van der Waals surface area contributed by atoms with Gasteiger partial charge in [-0.2, -0.15) is 0 Å². The topological polar surface area (TPSA) is 74.5 Å². The Morgan fingerprint density at radius 2 is 1.86 bits per heavy atom. The minimum Gasteiger partial charge on any atom is -0.488 e. The molecule has 0 radical (unpaired) electrons. The molecule has 0 N–H and O–H groups in total. The number of rotatable bonds is 8. The monoisotopic (exact) mass is 613 g/mol. The van der Waals surface area contributed by atoms with Gasteiger partial charge in [0.1, 0.15) is 22.8 Å². The van der Waals surface area contributed by atoms with Crippen LogP contribution in [0.2, 0.25) is 5.02 Å². The molecule has 2 aliphatic heterocycles. The van der Waals surface area contributed by atoms with E-state index < -0.39 is 5.79 Å². The van der Waals surface area contributed by atoms with E-state index in [2.05, 4.69) is 49.8 Å². The smallest absolute Gasteiger partial charge is 0.292 e. The molecular weight excluding hydrogens is 582 g/mol. The summed E-state index contributed by atoms with van der Waals surface area (Å²) in [4.78, 5) is 17.7. The highest BCUT2D eigenvalue weighted by atomic mass is 35.5. The van der Waals surface area contributed by atoms with Gasteiger partial charge in [-0.1, -0.05) is 29.8 Å². The van der Waals surface area contributed by atoms with E-state index in [-0.39, 0.29) is 0 Å². The second-order valence-corrected chi connectivity index (χ2v) is 13.2. The molecule has 5 aromatic rings. The molecule has 2 aromatic carbocycles. The third-order valence-corrected chi connectivity index (χ3v) is 9.62. The summed E-state index contributed by atoms with van der Waals surface area (Å²) < 4.78 is 21.4. The Morgan fingerprint density at radius 3 is 2.63 bits per heavy atom. The number of piperidine rings is 1. The van der Waals surface area contributed by atoms with Crippen LogP contribution in [0.5, 0.6) is 17.2 Å². The van der Waals surface area contributed by atoms with Crippen LogP contribution < -0.4 is 14.2 Å². The molecule has 43 heavy (non-hydrogen) atoms. The van der Waals surface area contributed by atoms with E-state index >= 15 is 0 Å². The standard InChI is InChI=1S/C33H32ClN5O3S/c1-33(29-11-8-22(34)16-36-29)41-28-7-2-4-25(32(28)42-33)21-12-14-38(15-13-21)19-30-37-31-26(39(30)18-24-17-35-20-43-24)5-3-6-27(31)40-23-9-10-23/h2-8,11,16-17,20-21,23H,9-10,12-15,18-19H2,1H3/t33-/m1/s1. The summed E-state index contributed by atoms with van der Waals surface area (Å²) in [5.74, 6) is 2.95. The molecule has 10 heteroatoms. The van der Waals surface area contributed by atoms with Gasteiger partial charge in [0.2, 0.25) is 0 Å².